The van der Waals surface area contributed by atoms with E-state index >= 15 is 0 Å². The topological polar surface area (TPSA) is 74.9 Å². The van der Waals surface area contributed by atoms with Crippen molar-refractivity contribution >= 4 is 5.82 Å². The second kappa shape index (κ2) is 3.27. The first kappa shape index (κ1) is 9.27. The number of aromatic amines is 1. The summed E-state index contributed by atoms with van der Waals surface area (Å²) in [4.78, 5) is 0. The smallest absolute Gasteiger partial charge is 0.145 e. The normalized spacial score (nSPS) is 14.0. The molecule has 1 aliphatic rings. The van der Waals surface area contributed by atoms with Gasteiger partial charge in [0.2, 0.25) is 0 Å². The van der Waals surface area contributed by atoms with Gasteiger partial charge in [0.25, 0.3) is 0 Å². The number of nitrogens with zero attached hydrogens (tertiary/aromatic N) is 1. The molecule has 0 fully saturated rings. The number of rotatable bonds is 1. The average molecular weight is 215 g/mol. The number of phenolic OH excluding ortho intramolecular Hbond substituents is 1. The minimum Gasteiger partial charge on any atom is -0.507 e. The van der Waals surface area contributed by atoms with Crippen molar-refractivity contribution in [2.24, 2.45) is 0 Å². The molecule has 4 heteroatoms. The van der Waals surface area contributed by atoms with Gasteiger partial charge in [0.15, 0.2) is 0 Å². The number of H-pyrrole nitrogens is 1. The van der Waals surface area contributed by atoms with Crippen LogP contribution >= 0.6 is 0 Å². The number of aromatic nitrogens is 2. The zero-order valence-electron chi connectivity index (χ0n) is 8.83. The van der Waals surface area contributed by atoms with Gasteiger partial charge < -0.3 is 10.8 Å². The van der Waals surface area contributed by atoms with E-state index in [2.05, 4.69) is 16.3 Å². The molecule has 0 spiro atoms. The lowest BCUT2D eigenvalue weighted by atomic mass is 10.0. The van der Waals surface area contributed by atoms with Gasteiger partial charge in [-0.25, -0.2) is 0 Å². The number of aromatic hydroxyl groups is 1. The Morgan fingerprint density at radius 1 is 1.31 bits per heavy atom. The molecule has 0 amide bonds. The zero-order valence-corrected chi connectivity index (χ0v) is 8.83. The van der Waals surface area contributed by atoms with Crippen molar-refractivity contribution in [1.82, 2.24) is 10.2 Å². The summed E-state index contributed by atoms with van der Waals surface area (Å²) in [6, 6.07) is 5.73. The van der Waals surface area contributed by atoms with Gasteiger partial charge in [0, 0.05) is 11.6 Å². The fourth-order valence-corrected chi connectivity index (χ4v) is 2.34. The maximum atomic E-state index is 10.2. The maximum Gasteiger partial charge on any atom is 0.145 e. The lowest BCUT2D eigenvalue weighted by molar-refractivity contribution is 0.471. The van der Waals surface area contributed by atoms with E-state index in [1.165, 1.54) is 5.56 Å². The number of hydrogen-bond acceptors (Lipinski definition) is 3. The van der Waals surface area contributed by atoms with E-state index in [0.29, 0.717) is 11.6 Å². The molecule has 1 heterocycles. The Labute approximate surface area is 93.1 Å². The Hall–Kier alpha value is -1.97. The Balaban J connectivity index is 2.15. The molecule has 16 heavy (non-hydrogen) atoms. The minimum absolute atomic E-state index is 0.374. The third kappa shape index (κ3) is 1.26. The van der Waals surface area contributed by atoms with E-state index in [4.69, 9.17) is 5.73 Å². The van der Waals surface area contributed by atoms with Crippen LogP contribution in [0, 0.1) is 0 Å². The van der Waals surface area contributed by atoms with Gasteiger partial charge in [-0.15, -0.1) is 0 Å². The number of phenols is 1. The highest BCUT2D eigenvalue weighted by Crippen LogP contribution is 2.37. The summed E-state index contributed by atoms with van der Waals surface area (Å²) in [5.74, 6) is 0.813. The van der Waals surface area contributed by atoms with E-state index in [-0.39, 0.29) is 0 Å². The Kier molecular flexibility index (Phi) is 1.89. The molecule has 0 saturated carbocycles. The molecule has 1 aliphatic carbocycles. The second-order valence-corrected chi connectivity index (χ2v) is 4.16. The predicted molar refractivity (Wildman–Crippen MR) is 62.1 cm³/mol. The molecule has 0 unspecified atom stereocenters. The first-order valence-electron chi connectivity index (χ1n) is 5.40. The fourth-order valence-electron chi connectivity index (χ4n) is 2.34. The molecule has 1 aromatic carbocycles. The van der Waals surface area contributed by atoms with E-state index in [1.807, 2.05) is 6.07 Å². The van der Waals surface area contributed by atoms with E-state index < -0.39 is 0 Å². The molecule has 82 valence electrons. The van der Waals surface area contributed by atoms with Crippen LogP contribution in [0.5, 0.6) is 5.75 Å². The monoisotopic (exact) mass is 215 g/mol. The van der Waals surface area contributed by atoms with Crippen LogP contribution in [0.25, 0.3) is 11.3 Å². The van der Waals surface area contributed by atoms with Crippen LogP contribution in [0.3, 0.4) is 0 Å². The summed E-state index contributed by atoms with van der Waals surface area (Å²) >= 11 is 0. The number of nitrogen functional groups attached to an aromatic ring is 1. The van der Waals surface area contributed by atoms with Gasteiger partial charge in [0.05, 0.1) is 5.69 Å². The summed E-state index contributed by atoms with van der Waals surface area (Å²) in [5, 5.41) is 16.9. The fraction of sp³-hybridized carbons (Fsp3) is 0.250. The highest BCUT2D eigenvalue weighted by atomic mass is 16.3. The lowest BCUT2D eigenvalue weighted by Crippen LogP contribution is -1.87. The zero-order chi connectivity index (χ0) is 11.1. The molecule has 1 aromatic heterocycles. The van der Waals surface area contributed by atoms with Gasteiger partial charge in [-0.3, -0.25) is 5.10 Å². The average Bonchev–Trinajstić information content (AvgIpc) is 2.87. The van der Waals surface area contributed by atoms with Crippen molar-refractivity contribution in [2.45, 2.75) is 19.3 Å². The molecule has 4 N–H and O–H groups in total. The van der Waals surface area contributed by atoms with Crippen LogP contribution in [0.1, 0.15) is 17.5 Å². The van der Waals surface area contributed by atoms with Crippen LogP contribution in [0.2, 0.25) is 0 Å². The van der Waals surface area contributed by atoms with Crippen molar-refractivity contribution < 1.29 is 5.11 Å². The highest BCUT2D eigenvalue weighted by Gasteiger charge is 2.18. The van der Waals surface area contributed by atoms with Gasteiger partial charge in [-0.2, -0.15) is 5.10 Å². The number of fused-ring (bicyclic) bond motifs is 1. The van der Waals surface area contributed by atoms with Crippen molar-refractivity contribution in [3.8, 4) is 17.0 Å². The number of aryl methyl sites for hydroxylation is 1. The van der Waals surface area contributed by atoms with E-state index in [9.17, 15) is 5.11 Å². The quantitative estimate of drug-likeness (QED) is 0.679. The molecular weight excluding hydrogens is 202 g/mol. The number of anilines is 1. The number of benzene rings is 1. The summed E-state index contributed by atoms with van der Waals surface area (Å²) < 4.78 is 0. The van der Waals surface area contributed by atoms with Crippen LogP contribution in [-0.4, -0.2) is 15.3 Å². The van der Waals surface area contributed by atoms with Gasteiger partial charge in [0.1, 0.15) is 11.6 Å². The Morgan fingerprint density at radius 3 is 2.94 bits per heavy atom. The molecule has 0 atom stereocenters. The molecule has 0 bridgehead atoms. The summed E-state index contributed by atoms with van der Waals surface area (Å²) in [5.41, 5.74) is 9.44. The summed E-state index contributed by atoms with van der Waals surface area (Å²) in [6.07, 6.45) is 3.14. The van der Waals surface area contributed by atoms with Gasteiger partial charge in [-0.1, -0.05) is 6.07 Å². The van der Waals surface area contributed by atoms with Gasteiger partial charge >= 0.3 is 0 Å². The highest BCUT2D eigenvalue weighted by molar-refractivity contribution is 5.71. The molecule has 2 aromatic rings. The summed E-state index contributed by atoms with van der Waals surface area (Å²) in [6.45, 7) is 0. The third-order valence-corrected chi connectivity index (χ3v) is 3.14. The van der Waals surface area contributed by atoms with Crippen molar-refractivity contribution in [3.63, 3.8) is 0 Å². The standard InChI is InChI=1S/C12H13N3O/c13-11-6-10(14-15-11)9-5-4-7-2-1-3-8(7)12(9)16/h4-6,16H,1-3H2,(H3,13,14,15). The van der Waals surface area contributed by atoms with Crippen LogP contribution in [0.15, 0.2) is 18.2 Å². The molecule has 0 saturated heterocycles. The molecule has 0 aliphatic heterocycles. The molecular formula is C12H13N3O. The van der Waals surface area contributed by atoms with E-state index in [1.54, 1.807) is 6.07 Å². The first-order chi connectivity index (χ1) is 7.75. The molecule has 0 radical (unpaired) electrons. The summed E-state index contributed by atoms with van der Waals surface area (Å²) in [7, 11) is 0. The maximum absolute atomic E-state index is 10.2. The van der Waals surface area contributed by atoms with E-state index in [0.717, 1.165) is 36.1 Å². The minimum atomic E-state index is 0.374. The molecule has 4 nitrogen and oxygen atoms in total. The van der Waals surface area contributed by atoms with Gasteiger partial charge in [-0.05, 0) is 36.5 Å². The second-order valence-electron chi connectivity index (χ2n) is 4.16. The largest absolute Gasteiger partial charge is 0.507 e. The van der Waals surface area contributed by atoms with Crippen molar-refractivity contribution in [1.29, 1.82) is 0 Å². The lowest BCUT2D eigenvalue weighted by Gasteiger charge is -2.07. The van der Waals surface area contributed by atoms with Crippen LogP contribution < -0.4 is 5.73 Å². The predicted octanol–water partition coefficient (Wildman–Crippen LogP) is 1.85. The SMILES string of the molecule is Nc1cc(-c2ccc3c(c2O)CCC3)[nH]n1. The van der Waals surface area contributed by atoms with Crippen LogP contribution in [-0.2, 0) is 12.8 Å². The number of nitrogens with two attached hydrogens (primary N) is 1. The Bertz CT molecular complexity index is 545. The molecule has 3 rings (SSSR count). The first-order valence-corrected chi connectivity index (χ1v) is 5.40. The van der Waals surface area contributed by atoms with Crippen LogP contribution in [0.4, 0.5) is 5.82 Å². The number of nitrogens with one attached hydrogen (secondary N) is 1. The van der Waals surface area contributed by atoms with Crippen molar-refractivity contribution in [2.75, 3.05) is 5.73 Å². The van der Waals surface area contributed by atoms with Crippen molar-refractivity contribution in [3.05, 3.63) is 29.3 Å². The Morgan fingerprint density at radius 2 is 2.19 bits per heavy atom. The number of hydrogen-bond donors (Lipinski definition) is 3. The third-order valence-electron chi connectivity index (χ3n) is 3.14.